The highest BCUT2D eigenvalue weighted by Crippen LogP contribution is 2.31. The summed E-state index contributed by atoms with van der Waals surface area (Å²) in [5, 5.41) is 14.7. The van der Waals surface area contributed by atoms with Crippen LogP contribution in [0.4, 0.5) is 10.5 Å². The average Bonchev–Trinajstić information content (AvgIpc) is 2.27. The SMILES string of the molecule is CC1CC(C)(C)NC(C)(C)C1.O=C(O)Nc1ccc(Cl)cc1. The van der Waals surface area contributed by atoms with Crippen molar-refractivity contribution >= 4 is 23.4 Å². The summed E-state index contributed by atoms with van der Waals surface area (Å²) in [4.78, 5) is 10.1. The standard InChI is InChI=1S/C10H21N.C7H6ClNO2/c1-8-6-9(2,3)11-10(4,5)7-8;8-5-1-3-6(4-2-5)9-7(10)11/h8,11H,6-7H2,1-5H3;1-4,9H,(H,10,11). The molecule has 1 fully saturated rings. The number of benzene rings is 1. The molecule has 3 N–H and O–H groups in total. The third-order valence-electron chi connectivity index (χ3n) is 3.49. The van der Waals surface area contributed by atoms with Crippen molar-refractivity contribution in [3.05, 3.63) is 29.3 Å². The molecule has 2 rings (SSSR count). The Hall–Kier alpha value is -1.26. The van der Waals surface area contributed by atoms with Crippen molar-refractivity contribution < 1.29 is 9.90 Å². The summed E-state index contributed by atoms with van der Waals surface area (Å²) < 4.78 is 0. The van der Waals surface area contributed by atoms with E-state index in [1.165, 1.54) is 12.8 Å². The van der Waals surface area contributed by atoms with Crippen LogP contribution >= 0.6 is 11.6 Å². The van der Waals surface area contributed by atoms with Gasteiger partial charge >= 0.3 is 6.09 Å². The molecule has 124 valence electrons. The minimum atomic E-state index is -1.08. The van der Waals surface area contributed by atoms with E-state index < -0.39 is 6.09 Å². The van der Waals surface area contributed by atoms with Gasteiger partial charge in [-0.1, -0.05) is 18.5 Å². The Morgan fingerprint density at radius 3 is 2.00 bits per heavy atom. The molecule has 0 aromatic heterocycles. The number of hydrogen-bond donors (Lipinski definition) is 3. The van der Waals surface area contributed by atoms with Gasteiger partial charge in [0, 0.05) is 21.8 Å². The van der Waals surface area contributed by atoms with Crippen LogP contribution < -0.4 is 10.6 Å². The average molecular weight is 327 g/mol. The molecule has 4 nitrogen and oxygen atoms in total. The fraction of sp³-hybridized carbons (Fsp3) is 0.588. The van der Waals surface area contributed by atoms with E-state index >= 15 is 0 Å². The Kier molecular flexibility index (Phi) is 6.27. The smallest absolute Gasteiger partial charge is 0.409 e. The normalized spacial score (nSPS) is 19.7. The van der Waals surface area contributed by atoms with Crippen LogP contribution in [0.15, 0.2) is 24.3 Å². The number of amides is 1. The molecule has 22 heavy (non-hydrogen) atoms. The van der Waals surface area contributed by atoms with Gasteiger partial charge in [-0.05, 0) is 70.7 Å². The summed E-state index contributed by atoms with van der Waals surface area (Å²) in [6, 6.07) is 6.42. The number of carbonyl (C=O) groups is 1. The largest absolute Gasteiger partial charge is 0.465 e. The predicted molar refractivity (Wildman–Crippen MR) is 92.8 cm³/mol. The topological polar surface area (TPSA) is 61.4 Å². The summed E-state index contributed by atoms with van der Waals surface area (Å²) in [5.74, 6) is 0.862. The van der Waals surface area contributed by atoms with Crippen LogP contribution in [0.25, 0.3) is 0 Å². The van der Waals surface area contributed by atoms with Gasteiger partial charge in [0.25, 0.3) is 0 Å². The molecule has 0 unspecified atom stereocenters. The van der Waals surface area contributed by atoms with Gasteiger partial charge < -0.3 is 10.4 Å². The molecule has 0 atom stereocenters. The Labute approximate surface area is 138 Å². The van der Waals surface area contributed by atoms with E-state index in [0.717, 1.165) is 5.92 Å². The van der Waals surface area contributed by atoms with Gasteiger partial charge in [0.15, 0.2) is 0 Å². The van der Waals surface area contributed by atoms with Crippen LogP contribution in [-0.4, -0.2) is 22.3 Å². The van der Waals surface area contributed by atoms with Gasteiger partial charge in [0.1, 0.15) is 0 Å². The molecule has 0 saturated carbocycles. The minimum absolute atomic E-state index is 0.334. The van der Waals surface area contributed by atoms with Crippen molar-refractivity contribution in [3.63, 3.8) is 0 Å². The summed E-state index contributed by atoms with van der Waals surface area (Å²) in [5.41, 5.74) is 1.18. The third kappa shape index (κ3) is 7.14. The van der Waals surface area contributed by atoms with Gasteiger partial charge in [0.2, 0.25) is 0 Å². The molecule has 0 bridgehead atoms. The van der Waals surface area contributed by atoms with Crippen LogP contribution in [-0.2, 0) is 0 Å². The lowest BCUT2D eigenvalue weighted by atomic mass is 9.77. The Bertz CT molecular complexity index is 482. The monoisotopic (exact) mass is 326 g/mol. The molecule has 1 saturated heterocycles. The highest BCUT2D eigenvalue weighted by molar-refractivity contribution is 6.30. The Morgan fingerprint density at radius 2 is 1.64 bits per heavy atom. The maximum atomic E-state index is 10.1. The number of anilines is 1. The van der Waals surface area contributed by atoms with Crippen LogP contribution in [0.2, 0.25) is 5.02 Å². The van der Waals surface area contributed by atoms with Gasteiger partial charge in [0.05, 0.1) is 0 Å². The molecule has 1 aliphatic rings. The van der Waals surface area contributed by atoms with Crippen LogP contribution in [0.3, 0.4) is 0 Å². The number of carboxylic acid groups (broad SMARTS) is 1. The molecule has 0 radical (unpaired) electrons. The van der Waals surface area contributed by atoms with Gasteiger partial charge in [-0.15, -0.1) is 0 Å². The lowest BCUT2D eigenvalue weighted by Crippen LogP contribution is -2.57. The number of halogens is 1. The third-order valence-corrected chi connectivity index (χ3v) is 3.74. The predicted octanol–water partition coefficient (Wildman–Crippen LogP) is 4.99. The molecule has 1 aromatic carbocycles. The summed E-state index contributed by atoms with van der Waals surface area (Å²) >= 11 is 5.57. The van der Waals surface area contributed by atoms with Crippen LogP contribution in [0.1, 0.15) is 47.5 Å². The zero-order valence-electron chi connectivity index (χ0n) is 14.0. The fourth-order valence-corrected chi connectivity index (χ4v) is 3.62. The Morgan fingerprint density at radius 1 is 1.18 bits per heavy atom. The number of piperidine rings is 1. The maximum Gasteiger partial charge on any atom is 0.409 e. The first-order valence-corrected chi connectivity index (χ1v) is 7.92. The second kappa shape index (κ2) is 7.34. The summed E-state index contributed by atoms with van der Waals surface area (Å²) in [6.07, 6.45) is 1.53. The lowest BCUT2D eigenvalue weighted by Gasteiger charge is -2.45. The second-order valence-corrected chi connectivity index (χ2v) is 7.78. The van der Waals surface area contributed by atoms with E-state index in [9.17, 15) is 4.79 Å². The van der Waals surface area contributed by atoms with E-state index in [1.807, 2.05) is 0 Å². The van der Waals surface area contributed by atoms with Crippen molar-refractivity contribution in [2.45, 2.75) is 58.5 Å². The molecular weight excluding hydrogens is 300 g/mol. The molecule has 5 heteroatoms. The van der Waals surface area contributed by atoms with Gasteiger partial charge in [-0.2, -0.15) is 0 Å². The van der Waals surface area contributed by atoms with Crippen molar-refractivity contribution in [3.8, 4) is 0 Å². The lowest BCUT2D eigenvalue weighted by molar-refractivity contribution is 0.138. The van der Waals surface area contributed by atoms with Crippen molar-refractivity contribution in [2.75, 3.05) is 5.32 Å². The molecule has 1 aromatic rings. The Balaban J connectivity index is 0.000000220. The first kappa shape index (κ1) is 18.8. The first-order chi connectivity index (χ1) is 9.99. The molecule has 0 aliphatic carbocycles. The maximum absolute atomic E-state index is 10.1. The summed E-state index contributed by atoms with van der Waals surface area (Å²) in [7, 11) is 0. The van der Waals surface area contributed by atoms with E-state index in [-0.39, 0.29) is 0 Å². The van der Waals surface area contributed by atoms with Gasteiger partial charge in [-0.3, -0.25) is 5.32 Å². The van der Waals surface area contributed by atoms with E-state index in [1.54, 1.807) is 24.3 Å². The number of nitrogens with one attached hydrogen (secondary N) is 2. The quantitative estimate of drug-likeness (QED) is 0.681. The van der Waals surface area contributed by atoms with E-state index in [2.05, 4.69) is 45.3 Å². The highest BCUT2D eigenvalue weighted by atomic mass is 35.5. The first-order valence-electron chi connectivity index (χ1n) is 7.54. The zero-order valence-corrected chi connectivity index (χ0v) is 14.8. The molecular formula is C17H27ClN2O2. The number of hydrogen-bond acceptors (Lipinski definition) is 2. The van der Waals surface area contributed by atoms with E-state index in [4.69, 9.17) is 16.7 Å². The van der Waals surface area contributed by atoms with Crippen LogP contribution in [0, 0.1) is 5.92 Å². The van der Waals surface area contributed by atoms with E-state index in [0.29, 0.717) is 21.8 Å². The van der Waals surface area contributed by atoms with Crippen molar-refractivity contribution in [1.82, 2.24) is 5.32 Å². The minimum Gasteiger partial charge on any atom is -0.465 e. The fourth-order valence-electron chi connectivity index (χ4n) is 3.49. The zero-order chi connectivity index (χ0) is 17.0. The van der Waals surface area contributed by atoms with Crippen LogP contribution in [0.5, 0.6) is 0 Å². The second-order valence-electron chi connectivity index (χ2n) is 7.34. The molecule has 1 amide bonds. The molecule has 1 aliphatic heterocycles. The number of rotatable bonds is 1. The van der Waals surface area contributed by atoms with Crippen molar-refractivity contribution in [1.29, 1.82) is 0 Å². The molecule has 0 spiro atoms. The van der Waals surface area contributed by atoms with Gasteiger partial charge in [-0.25, -0.2) is 4.79 Å². The molecule has 1 heterocycles. The summed E-state index contributed by atoms with van der Waals surface area (Å²) in [6.45, 7) is 11.5. The van der Waals surface area contributed by atoms with Crippen molar-refractivity contribution in [2.24, 2.45) is 5.92 Å². The highest BCUT2D eigenvalue weighted by Gasteiger charge is 2.35.